The molecule has 10 heteroatoms. The quantitative estimate of drug-likeness (QED) is 0.146. The molecule has 0 aliphatic carbocycles. The van der Waals surface area contributed by atoms with Crippen molar-refractivity contribution in [1.82, 2.24) is 24.1 Å². The number of hydrogen-bond donors (Lipinski definition) is 0. The third kappa shape index (κ3) is 5.26. The maximum Gasteiger partial charge on any atom is 0.161 e. The summed E-state index contributed by atoms with van der Waals surface area (Å²) in [5.41, 5.74) is 6.64. The Bertz CT molecular complexity index is 1460. The minimum Gasteiger partial charge on any atom is -0.383 e. The van der Waals surface area contributed by atoms with Gasteiger partial charge in [-0.05, 0) is 42.4 Å². The topological polar surface area (TPSA) is 67.0 Å². The number of ether oxygens (including phenoxy) is 2. The van der Waals surface area contributed by atoms with Crippen LogP contribution >= 0.6 is 27.3 Å². The molecule has 0 saturated carbocycles. The van der Waals surface area contributed by atoms with Crippen molar-refractivity contribution in [2.45, 2.75) is 32.4 Å². The number of hydrogen-bond acceptors (Lipinski definition) is 6. The van der Waals surface area contributed by atoms with Gasteiger partial charge in [0.2, 0.25) is 0 Å². The summed E-state index contributed by atoms with van der Waals surface area (Å²) in [6.07, 6.45) is 2.05. The van der Waals surface area contributed by atoms with Crippen LogP contribution < -0.4 is 0 Å². The molecule has 0 atom stereocenters. The second-order valence-corrected chi connectivity index (χ2v) is 13.4. The van der Waals surface area contributed by atoms with Gasteiger partial charge in [-0.15, -0.1) is 11.3 Å². The van der Waals surface area contributed by atoms with Crippen molar-refractivity contribution in [1.29, 1.82) is 0 Å². The third-order valence-electron chi connectivity index (χ3n) is 5.80. The SMILES string of the molecule is COCCn1c(-c2cn(COCC[Si](C)C)c(-c3ccc4scnc4c3)n2)nc2ccc(Br)cc21. The maximum absolute atomic E-state index is 6.07. The highest BCUT2D eigenvalue weighted by atomic mass is 79.9. The molecule has 2 aromatic carbocycles. The first kappa shape index (κ1) is 24.3. The van der Waals surface area contributed by atoms with E-state index in [0.29, 0.717) is 19.9 Å². The third-order valence-corrected chi connectivity index (χ3v) is 8.31. The van der Waals surface area contributed by atoms with E-state index in [4.69, 9.17) is 19.4 Å². The molecule has 0 bridgehead atoms. The number of methoxy groups -OCH3 is 1. The molecule has 0 fully saturated rings. The standard InChI is InChI=1S/C25H27BrN5O2SSi/c1-32-9-8-31-22-13-18(26)5-6-19(22)28-25(31)21-14-30(16-33-10-11-35(2)3)24(29-21)17-4-7-23-20(12-17)27-15-34-23/h4-7,12-15H,8-11,16H2,1-3H3. The number of thiazole rings is 1. The Morgan fingerprint density at radius 2 is 1.91 bits per heavy atom. The molecule has 0 unspecified atom stereocenters. The van der Waals surface area contributed by atoms with Gasteiger partial charge in [0.25, 0.3) is 0 Å². The van der Waals surface area contributed by atoms with E-state index in [1.54, 1.807) is 18.4 Å². The van der Waals surface area contributed by atoms with Gasteiger partial charge < -0.3 is 18.6 Å². The molecule has 5 aromatic rings. The lowest BCUT2D eigenvalue weighted by molar-refractivity contribution is 0.0886. The molecule has 0 N–H and O–H groups in total. The number of rotatable bonds is 10. The fourth-order valence-corrected chi connectivity index (χ4v) is 5.55. The molecule has 3 heterocycles. The number of aromatic nitrogens is 5. The summed E-state index contributed by atoms with van der Waals surface area (Å²) in [6.45, 7) is 7.07. The molecule has 0 aliphatic heterocycles. The number of fused-ring (bicyclic) bond motifs is 2. The lowest BCUT2D eigenvalue weighted by atomic mass is 10.2. The maximum atomic E-state index is 6.07. The van der Waals surface area contributed by atoms with Gasteiger partial charge in [-0.25, -0.2) is 15.0 Å². The van der Waals surface area contributed by atoms with Crippen LogP contribution in [0, 0.1) is 0 Å². The first-order valence-corrected chi connectivity index (χ1v) is 15.8. The first-order chi connectivity index (χ1) is 17.0. The van der Waals surface area contributed by atoms with Gasteiger partial charge in [-0.1, -0.05) is 29.0 Å². The monoisotopic (exact) mass is 568 g/mol. The average molecular weight is 570 g/mol. The van der Waals surface area contributed by atoms with E-state index in [-0.39, 0.29) is 8.80 Å². The van der Waals surface area contributed by atoms with Crippen LogP contribution in [0.25, 0.3) is 44.2 Å². The zero-order chi connectivity index (χ0) is 24.4. The second-order valence-electron chi connectivity index (χ2n) is 8.66. The summed E-state index contributed by atoms with van der Waals surface area (Å²) in [7, 11) is 1.39. The molecule has 0 amide bonds. The van der Waals surface area contributed by atoms with Crippen molar-refractivity contribution in [3.63, 3.8) is 0 Å². The first-order valence-electron chi connectivity index (χ1n) is 11.5. The van der Waals surface area contributed by atoms with Crippen LogP contribution in [0.5, 0.6) is 0 Å². The fraction of sp³-hybridized carbons (Fsp3) is 0.320. The molecule has 7 nitrogen and oxygen atoms in total. The zero-order valence-corrected chi connectivity index (χ0v) is 23.4. The van der Waals surface area contributed by atoms with Gasteiger partial charge in [0.15, 0.2) is 5.82 Å². The van der Waals surface area contributed by atoms with E-state index in [1.807, 2.05) is 23.8 Å². The predicted molar refractivity (Wildman–Crippen MR) is 147 cm³/mol. The molecule has 35 heavy (non-hydrogen) atoms. The van der Waals surface area contributed by atoms with Gasteiger partial charge in [0, 0.05) is 45.3 Å². The van der Waals surface area contributed by atoms with Gasteiger partial charge in [0.05, 0.1) is 33.4 Å². The molecule has 3 aromatic heterocycles. The second kappa shape index (κ2) is 10.7. The summed E-state index contributed by atoms with van der Waals surface area (Å²) in [5, 5.41) is 0. The predicted octanol–water partition coefficient (Wildman–Crippen LogP) is 6.31. The largest absolute Gasteiger partial charge is 0.383 e. The Balaban J connectivity index is 1.58. The van der Waals surface area contributed by atoms with E-state index < -0.39 is 0 Å². The Kier molecular flexibility index (Phi) is 7.45. The van der Waals surface area contributed by atoms with Crippen molar-refractivity contribution in [3.8, 4) is 22.9 Å². The van der Waals surface area contributed by atoms with Crippen LogP contribution in [-0.4, -0.2) is 53.2 Å². The number of halogens is 1. The van der Waals surface area contributed by atoms with Gasteiger partial charge in [-0.2, -0.15) is 0 Å². The highest BCUT2D eigenvalue weighted by Gasteiger charge is 2.19. The molecule has 5 rings (SSSR count). The lowest BCUT2D eigenvalue weighted by Crippen LogP contribution is -2.09. The van der Waals surface area contributed by atoms with Crippen LogP contribution in [0.2, 0.25) is 19.1 Å². The molecule has 0 aliphatic rings. The number of benzene rings is 2. The van der Waals surface area contributed by atoms with E-state index in [0.717, 1.165) is 61.3 Å². The highest BCUT2D eigenvalue weighted by molar-refractivity contribution is 9.10. The van der Waals surface area contributed by atoms with Crippen LogP contribution in [-0.2, 0) is 22.7 Å². The average Bonchev–Trinajstić information content (AvgIpc) is 3.56. The van der Waals surface area contributed by atoms with Gasteiger partial charge >= 0.3 is 0 Å². The Hall–Kier alpha value is -2.37. The molecule has 181 valence electrons. The molecule has 1 radical (unpaired) electrons. The molecular formula is C25H27BrN5O2SSi. The van der Waals surface area contributed by atoms with Crippen molar-refractivity contribution in [2.24, 2.45) is 0 Å². The minimum absolute atomic E-state index is 0.324. The molecular weight excluding hydrogens is 542 g/mol. The van der Waals surface area contributed by atoms with E-state index in [9.17, 15) is 0 Å². The van der Waals surface area contributed by atoms with Crippen LogP contribution in [0.15, 0.2) is 52.6 Å². The van der Waals surface area contributed by atoms with E-state index >= 15 is 0 Å². The normalized spacial score (nSPS) is 11.9. The highest BCUT2D eigenvalue weighted by Crippen LogP contribution is 2.31. The van der Waals surface area contributed by atoms with E-state index in [1.165, 1.54) is 0 Å². The number of imidazole rings is 2. The Morgan fingerprint density at radius 1 is 1.03 bits per heavy atom. The fourth-order valence-electron chi connectivity index (χ4n) is 3.99. The van der Waals surface area contributed by atoms with Crippen LogP contribution in [0.4, 0.5) is 0 Å². The summed E-state index contributed by atoms with van der Waals surface area (Å²) in [5.74, 6) is 1.66. The van der Waals surface area contributed by atoms with Crippen molar-refractivity contribution < 1.29 is 9.47 Å². The van der Waals surface area contributed by atoms with Crippen LogP contribution in [0.3, 0.4) is 0 Å². The summed E-state index contributed by atoms with van der Waals surface area (Å²) in [4.78, 5) is 14.5. The van der Waals surface area contributed by atoms with E-state index in [2.05, 4.69) is 67.4 Å². The molecule has 0 saturated heterocycles. The van der Waals surface area contributed by atoms with Crippen molar-refractivity contribution >= 4 is 57.3 Å². The molecule has 0 spiro atoms. The number of nitrogens with zero attached hydrogens (tertiary/aromatic N) is 5. The lowest BCUT2D eigenvalue weighted by Gasteiger charge is -2.09. The summed E-state index contributed by atoms with van der Waals surface area (Å²) >= 11 is 5.24. The summed E-state index contributed by atoms with van der Waals surface area (Å²) in [6, 6.07) is 13.6. The smallest absolute Gasteiger partial charge is 0.161 e. The Morgan fingerprint density at radius 3 is 2.74 bits per heavy atom. The van der Waals surface area contributed by atoms with Gasteiger partial charge in [-0.3, -0.25) is 0 Å². The van der Waals surface area contributed by atoms with Crippen molar-refractivity contribution in [2.75, 3.05) is 20.3 Å². The van der Waals surface area contributed by atoms with Gasteiger partial charge in [0.1, 0.15) is 18.2 Å². The van der Waals surface area contributed by atoms with Crippen molar-refractivity contribution in [3.05, 3.63) is 52.6 Å². The zero-order valence-electron chi connectivity index (χ0n) is 20.0. The Labute approximate surface area is 218 Å². The minimum atomic E-state index is -0.324. The van der Waals surface area contributed by atoms with Crippen LogP contribution in [0.1, 0.15) is 0 Å². The summed E-state index contributed by atoms with van der Waals surface area (Å²) < 4.78 is 17.9.